The van der Waals surface area contributed by atoms with Crippen LogP contribution in [0.5, 0.6) is 0 Å². The van der Waals surface area contributed by atoms with Crippen LogP contribution >= 0.6 is 12.4 Å². The van der Waals surface area contributed by atoms with Crippen LogP contribution in [0, 0.1) is 5.41 Å². The molecule has 1 heterocycles. The Labute approximate surface area is 104 Å². The molecule has 1 aliphatic carbocycles. The third kappa shape index (κ3) is 2.89. The molecule has 1 saturated carbocycles. The van der Waals surface area contributed by atoms with Gasteiger partial charge < -0.3 is 10.1 Å². The van der Waals surface area contributed by atoms with E-state index in [0.29, 0.717) is 12.0 Å². The first kappa shape index (κ1) is 13.8. The van der Waals surface area contributed by atoms with Gasteiger partial charge in [-0.05, 0) is 31.6 Å². The van der Waals surface area contributed by atoms with E-state index >= 15 is 0 Å². The minimum Gasteiger partial charge on any atom is -0.465 e. The number of hydrogen-bond donors (Lipinski definition) is 1. The normalized spacial score (nSPS) is 27.4. The zero-order valence-electron chi connectivity index (χ0n) is 9.96. The summed E-state index contributed by atoms with van der Waals surface area (Å²) >= 11 is 0. The minimum atomic E-state index is -0.0556. The van der Waals surface area contributed by atoms with E-state index in [1.54, 1.807) is 0 Å². The first-order valence-electron chi connectivity index (χ1n) is 6.16. The minimum absolute atomic E-state index is 0. The van der Waals surface area contributed by atoms with Crippen molar-refractivity contribution in [2.24, 2.45) is 5.41 Å². The quantitative estimate of drug-likeness (QED) is 0.761. The van der Waals surface area contributed by atoms with Gasteiger partial charge >= 0.3 is 5.97 Å². The van der Waals surface area contributed by atoms with Gasteiger partial charge in [0, 0.05) is 6.54 Å². The summed E-state index contributed by atoms with van der Waals surface area (Å²) in [4.78, 5) is 11.6. The number of rotatable bonds is 2. The zero-order valence-corrected chi connectivity index (χ0v) is 10.8. The molecule has 3 nitrogen and oxygen atoms in total. The molecule has 0 bridgehead atoms. The van der Waals surface area contributed by atoms with E-state index in [-0.39, 0.29) is 24.4 Å². The van der Waals surface area contributed by atoms with Crippen molar-refractivity contribution in [3.63, 3.8) is 0 Å². The lowest BCUT2D eigenvalue weighted by atomic mass is 9.73. The number of nitrogens with one attached hydrogen (secondary N) is 1. The third-order valence-electron chi connectivity index (χ3n) is 3.85. The fourth-order valence-corrected chi connectivity index (χ4v) is 3.01. The number of esters is 1. The summed E-state index contributed by atoms with van der Waals surface area (Å²) in [6.45, 7) is 3.36. The molecule has 1 N–H and O–H groups in total. The van der Waals surface area contributed by atoms with Gasteiger partial charge in [0.15, 0.2) is 0 Å². The van der Waals surface area contributed by atoms with E-state index in [1.165, 1.54) is 32.1 Å². The Morgan fingerprint density at radius 2 is 2.06 bits per heavy atom. The van der Waals surface area contributed by atoms with E-state index in [9.17, 15) is 4.79 Å². The molecule has 0 aromatic carbocycles. The second kappa shape index (κ2) is 5.87. The van der Waals surface area contributed by atoms with E-state index in [0.717, 1.165) is 13.0 Å². The van der Waals surface area contributed by atoms with Gasteiger partial charge in [0.1, 0.15) is 6.04 Å². The average molecular weight is 248 g/mol. The molecule has 1 aliphatic heterocycles. The molecule has 2 fully saturated rings. The van der Waals surface area contributed by atoms with Gasteiger partial charge in [0.25, 0.3) is 0 Å². The van der Waals surface area contributed by atoms with Crippen molar-refractivity contribution in [3.8, 4) is 0 Å². The second-order valence-corrected chi connectivity index (χ2v) is 4.95. The van der Waals surface area contributed by atoms with Gasteiger partial charge in [-0.3, -0.25) is 4.79 Å². The molecule has 1 atom stereocenters. The lowest BCUT2D eigenvalue weighted by molar-refractivity contribution is -0.145. The topological polar surface area (TPSA) is 38.3 Å². The van der Waals surface area contributed by atoms with E-state index < -0.39 is 0 Å². The molecule has 0 radical (unpaired) electrons. The van der Waals surface area contributed by atoms with Crippen molar-refractivity contribution in [1.82, 2.24) is 5.32 Å². The summed E-state index contributed by atoms with van der Waals surface area (Å²) in [7, 11) is 0. The highest BCUT2D eigenvalue weighted by Gasteiger charge is 2.42. The van der Waals surface area contributed by atoms with Gasteiger partial charge in [-0.15, -0.1) is 12.4 Å². The predicted molar refractivity (Wildman–Crippen MR) is 65.8 cm³/mol. The zero-order chi connectivity index (χ0) is 10.7. The molecule has 2 rings (SSSR count). The molecule has 0 aromatic rings. The standard InChI is InChI=1S/C12H21NO2.ClH/c1-2-15-11(14)10-8-12(9-13-10)6-4-3-5-7-12;/h10,13H,2-9H2,1H3;1H. The number of carbonyl (C=O) groups excluding carboxylic acids is 1. The van der Waals surface area contributed by atoms with Gasteiger partial charge in [-0.2, -0.15) is 0 Å². The fraction of sp³-hybridized carbons (Fsp3) is 0.917. The van der Waals surface area contributed by atoms with Crippen molar-refractivity contribution >= 4 is 18.4 Å². The average Bonchev–Trinajstić information content (AvgIpc) is 2.64. The van der Waals surface area contributed by atoms with Crippen LogP contribution < -0.4 is 5.32 Å². The summed E-state index contributed by atoms with van der Waals surface area (Å²) in [6, 6.07) is -0.0388. The summed E-state index contributed by atoms with van der Waals surface area (Å²) < 4.78 is 5.06. The Balaban J connectivity index is 0.00000128. The van der Waals surface area contributed by atoms with Crippen molar-refractivity contribution < 1.29 is 9.53 Å². The maximum Gasteiger partial charge on any atom is 0.323 e. The first-order valence-corrected chi connectivity index (χ1v) is 6.16. The smallest absolute Gasteiger partial charge is 0.323 e. The number of carbonyl (C=O) groups is 1. The van der Waals surface area contributed by atoms with Gasteiger partial charge in [0.05, 0.1) is 6.61 Å². The van der Waals surface area contributed by atoms with Crippen LogP contribution in [0.15, 0.2) is 0 Å². The summed E-state index contributed by atoms with van der Waals surface area (Å²) in [5, 5.41) is 3.33. The molecular formula is C12H22ClNO2. The van der Waals surface area contributed by atoms with Gasteiger partial charge in [-0.1, -0.05) is 19.3 Å². The molecule has 4 heteroatoms. The van der Waals surface area contributed by atoms with E-state index in [1.807, 2.05) is 6.92 Å². The lowest BCUT2D eigenvalue weighted by Crippen LogP contribution is -2.32. The highest BCUT2D eigenvalue weighted by molar-refractivity contribution is 5.85. The van der Waals surface area contributed by atoms with Crippen molar-refractivity contribution in [1.29, 1.82) is 0 Å². The van der Waals surface area contributed by atoms with Crippen molar-refractivity contribution in [2.75, 3.05) is 13.2 Å². The maximum absolute atomic E-state index is 11.6. The molecule has 94 valence electrons. The number of ether oxygens (including phenoxy) is 1. The molecule has 1 unspecified atom stereocenters. The van der Waals surface area contributed by atoms with Crippen molar-refractivity contribution in [2.45, 2.75) is 51.5 Å². The van der Waals surface area contributed by atoms with Crippen LogP contribution in [0.1, 0.15) is 45.4 Å². The summed E-state index contributed by atoms with van der Waals surface area (Å²) in [5.41, 5.74) is 0.412. The molecule has 2 aliphatic rings. The lowest BCUT2D eigenvalue weighted by Gasteiger charge is -2.32. The maximum atomic E-state index is 11.6. The Kier molecular flexibility index (Phi) is 5.06. The van der Waals surface area contributed by atoms with Crippen LogP contribution in [-0.2, 0) is 9.53 Å². The monoisotopic (exact) mass is 247 g/mol. The van der Waals surface area contributed by atoms with E-state index in [2.05, 4.69) is 5.32 Å². The van der Waals surface area contributed by atoms with Crippen LogP contribution in [-0.4, -0.2) is 25.2 Å². The van der Waals surface area contributed by atoms with Crippen LogP contribution in [0.2, 0.25) is 0 Å². The number of halogens is 1. The SMILES string of the molecule is CCOC(=O)C1CC2(CCCCC2)CN1.Cl. The molecule has 0 aromatic heterocycles. The van der Waals surface area contributed by atoms with Gasteiger partial charge in [-0.25, -0.2) is 0 Å². The summed E-state index contributed by atoms with van der Waals surface area (Å²) in [5.74, 6) is -0.0556. The predicted octanol–water partition coefficient (Wildman–Crippen LogP) is 2.28. The molecule has 16 heavy (non-hydrogen) atoms. The first-order chi connectivity index (χ1) is 7.26. The Bertz CT molecular complexity index is 239. The number of hydrogen-bond acceptors (Lipinski definition) is 3. The molecule has 1 spiro atoms. The van der Waals surface area contributed by atoms with Crippen LogP contribution in [0.25, 0.3) is 0 Å². The summed E-state index contributed by atoms with van der Waals surface area (Å²) in [6.07, 6.45) is 7.60. The Hall–Kier alpha value is -0.280. The van der Waals surface area contributed by atoms with Crippen LogP contribution in [0.4, 0.5) is 0 Å². The van der Waals surface area contributed by atoms with Crippen LogP contribution in [0.3, 0.4) is 0 Å². The largest absolute Gasteiger partial charge is 0.465 e. The molecule has 1 saturated heterocycles. The van der Waals surface area contributed by atoms with Gasteiger partial charge in [0.2, 0.25) is 0 Å². The fourth-order valence-electron chi connectivity index (χ4n) is 3.01. The van der Waals surface area contributed by atoms with E-state index in [4.69, 9.17) is 4.74 Å². The van der Waals surface area contributed by atoms with Crippen molar-refractivity contribution in [3.05, 3.63) is 0 Å². The third-order valence-corrected chi connectivity index (χ3v) is 3.85. The second-order valence-electron chi connectivity index (χ2n) is 4.95. The molecular weight excluding hydrogens is 226 g/mol. The highest BCUT2D eigenvalue weighted by Crippen LogP contribution is 2.42. The molecule has 0 amide bonds. The Morgan fingerprint density at radius 3 is 2.69 bits per heavy atom. The Morgan fingerprint density at radius 1 is 1.38 bits per heavy atom. The highest BCUT2D eigenvalue weighted by atomic mass is 35.5.